The second kappa shape index (κ2) is 4.37. The van der Waals surface area contributed by atoms with Gasteiger partial charge in [0.2, 0.25) is 0 Å². The van der Waals surface area contributed by atoms with Crippen LogP contribution in [0, 0.1) is 0 Å². The van der Waals surface area contributed by atoms with Gasteiger partial charge in [-0.15, -0.1) is 0 Å². The minimum Gasteiger partial charge on any atom is -0.239 e. The molecule has 0 amide bonds. The number of nitrogens with zero attached hydrogens (tertiary/aromatic N) is 3. The summed E-state index contributed by atoms with van der Waals surface area (Å²) < 4.78 is 1.80. The summed E-state index contributed by atoms with van der Waals surface area (Å²) in [5, 5.41) is 4.07. The van der Waals surface area contributed by atoms with E-state index in [0.717, 1.165) is 6.42 Å². The summed E-state index contributed by atoms with van der Waals surface area (Å²) in [6.07, 6.45) is 4.16. The van der Waals surface area contributed by atoms with Crippen LogP contribution < -0.4 is 0 Å². The van der Waals surface area contributed by atoms with Crippen molar-refractivity contribution in [3.63, 3.8) is 0 Å². The molecule has 0 aliphatic rings. The van der Waals surface area contributed by atoms with E-state index in [-0.39, 0.29) is 4.95 Å². The van der Waals surface area contributed by atoms with Crippen molar-refractivity contribution < 1.29 is 0 Å². The molecule has 14 heavy (non-hydrogen) atoms. The van der Waals surface area contributed by atoms with Crippen molar-refractivity contribution in [2.24, 2.45) is 0 Å². The maximum atomic E-state index is 4.07. The molecule has 72 valence electrons. The minimum atomic E-state index is 0.174. The first-order valence-electron chi connectivity index (χ1n) is 4.38. The molecule has 1 aromatic carbocycles. The lowest BCUT2D eigenvalue weighted by Gasteiger charge is -2.08. The zero-order chi connectivity index (χ0) is 9.80. The first-order valence-corrected chi connectivity index (χ1v) is 5.30. The van der Waals surface area contributed by atoms with E-state index < -0.39 is 0 Å². The fourth-order valence-corrected chi connectivity index (χ4v) is 1.85. The van der Waals surface area contributed by atoms with E-state index >= 15 is 0 Å². The van der Waals surface area contributed by atoms with Crippen molar-refractivity contribution in [2.45, 2.75) is 11.4 Å². The van der Waals surface area contributed by atoms with Crippen LogP contribution in [-0.2, 0) is 6.42 Å². The summed E-state index contributed by atoms with van der Waals surface area (Å²) in [6.45, 7) is 0. The number of halogens is 1. The average molecular weight is 252 g/mol. The third-order valence-corrected chi connectivity index (χ3v) is 2.71. The quantitative estimate of drug-likeness (QED) is 0.785. The van der Waals surface area contributed by atoms with Crippen molar-refractivity contribution in [3.8, 4) is 0 Å². The summed E-state index contributed by atoms with van der Waals surface area (Å²) >= 11 is 3.56. The van der Waals surface area contributed by atoms with Gasteiger partial charge in [0.25, 0.3) is 0 Å². The normalized spacial score (nSPS) is 12.6. The predicted octanol–water partition coefficient (Wildman–Crippen LogP) is 2.41. The summed E-state index contributed by atoms with van der Waals surface area (Å²) in [4.78, 5) is 4.08. The Morgan fingerprint density at radius 2 is 2.07 bits per heavy atom. The van der Waals surface area contributed by atoms with Crippen molar-refractivity contribution in [2.75, 3.05) is 0 Å². The molecule has 0 radical (unpaired) electrons. The Bertz CT molecular complexity index is 372. The molecule has 3 nitrogen and oxygen atoms in total. The lowest BCUT2D eigenvalue weighted by molar-refractivity contribution is 0.606. The smallest absolute Gasteiger partial charge is 0.137 e. The highest BCUT2D eigenvalue weighted by molar-refractivity contribution is 9.09. The van der Waals surface area contributed by atoms with Gasteiger partial charge in [-0.05, 0) is 5.56 Å². The van der Waals surface area contributed by atoms with Gasteiger partial charge in [-0.2, -0.15) is 5.10 Å². The Morgan fingerprint density at radius 1 is 1.29 bits per heavy atom. The predicted molar refractivity (Wildman–Crippen MR) is 58.1 cm³/mol. The van der Waals surface area contributed by atoms with Crippen LogP contribution in [-0.4, -0.2) is 14.8 Å². The Kier molecular flexibility index (Phi) is 2.93. The molecule has 2 aromatic rings. The Morgan fingerprint density at radius 3 is 2.71 bits per heavy atom. The third-order valence-electron chi connectivity index (χ3n) is 1.97. The van der Waals surface area contributed by atoms with Crippen molar-refractivity contribution >= 4 is 15.9 Å². The molecule has 0 aliphatic carbocycles. The van der Waals surface area contributed by atoms with Crippen molar-refractivity contribution in [3.05, 3.63) is 48.5 Å². The Labute approximate surface area is 90.9 Å². The second-order valence-electron chi connectivity index (χ2n) is 3.00. The molecule has 0 fully saturated rings. The molecule has 1 unspecified atom stereocenters. The number of hydrogen-bond acceptors (Lipinski definition) is 2. The molecule has 0 aliphatic heterocycles. The largest absolute Gasteiger partial charge is 0.239 e. The first kappa shape index (κ1) is 9.40. The van der Waals surface area contributed by atoms with Crippen LogP contribution in [0.4, 0.5) is 0 Å². The van der Waals surface area contributed by atoms with Crippen molar-refractivity contribution in [1.82, 2.24) is 14.8 Å². The summed E-state index contributed by atoms with van der Waals surface area (Å²) in [5.41, 5.74) is 1.28. The molecule has 4 heteroatoms. The van der Waals surface area contributed by atoms with Crippen LogP contribution in [0.5, 0.6) is 0 Å². The van der Waals surface area contributed by atoms with Gasteiger partial charge >= 0.3 is 0 Å². The zero-order valence-electron chi connectivity index (χ0n) is 7.55. The van der Waals surface area contributed by atoms with Crippen molar-refractivity contribution in [1.29, 1.82) is 0 Å². The van der Waals surface area contributed by atoms with Crippen LogP contribution >= 0.6 is 15.9 Å². The fourth-order valence-electron chi connectivity index (χ4n) is 1.26. The first-order chi connectivity index (χ1) is 6.86. The summed E-state index contributed by atoms with van der Waals surface area (Å²) in [5.74, 6) is 0. The SMILES string of the molecule is BrC(Cc1ccccc1)n1cncn1. The highest BCUT2D eigenvalue weighted by atomic mass is 79.9. The van der Waals surface area contributed by atoms with Crippen LogP contribution in [0.15, 0.2) is 43.0 Å². The number of rotatable bonds is 3. The van der Waals surface area contributed by atoms with Crippen LogP contribution in [0.2, 0.25) is 0 Å². The van der Waals surface area contributed by atoms with Gasteiger partial charge in [-0.1, -0.05) is 46.3 Å². The number of benzene rings is 1. The van der Waals surface area contributed by atoms with Gasteiger partial charge in [0.05, 0.1) is 0 Å². The maximum Gasteiger partial charge on any atom is 0.137 e. The monoisotopic (exact) mass is 251 g/mol. The molecule has 0 saturated heterocycles. The average Bonchev–Trinajstić information content (AvgIpc) is 2.72. The molecule has 1 aromatic heterocycles. The molecule has 0 spiro atoms. The van der Waals surface area contributed by atoms with E-state index in [2.05, 4.69) is 38.1 Å². The molecule has 0 saturated carbocycles. The standard InChI is InChI=1S/C10H10BrN3/c11-10(14-8-12-7-13-14)6-9-4-2-1-3-5-9/h1-5,7-8,10H,6H2. The van der Waals surface area contributed by atoms with Crippen LogP contribution in [0.3, 0.4) is 0 Å². The summed E-state index contributed by atoms with van der Waals surface area (Å²) in [6, 6.07) is 10.3. The van der Waals surface area contributed by atoms with E-state index in [1.54, 1.807) is 17.3 Å². The van der Waals surface area contributed by atoms with E-state index in [1.807, 2.05) is 18.2 Å². The highest BCUT2D eigenvalue weighted by Crippen LogP contribution is 2.18. The van der Waals surface area contributed by atoms with Gasteiger partial charge in [0.15, 0.2) is 0 Å². The van der Waals surface area contributed by atoms with Gasteiger partial charge < -0.3 is 0 Å². The van der Waals surface area contributed by atoms with E-state index in [0.29, 0.717) is 0 Å². The topological polar surface area (TPSA) is 30.7 Å². The Balaban J connectivity index is 2.06. The van der Waals surface area contributed by atoms with E-state index in [1.165, 1.54) is 5.56 Å². The molecule has 0 N–H and O–H groups in total. The van der Waals surface area contributed by atoms with Crippen LogP contribution in [0.1, 0.15) is 10.5 Å². The van der Waals surface area contributed by atoms with Gasteiger partial charge in [0, 0.05) is 6.42 Å². The third kappa shape index (κ3) is 2.20. The van der Waals surface area contributed by atoms with Gasteiger partial charge in [-0.3, -0.25) is 0 Å². The molecular weight excluding hydrogens is 242 g/mol. The maximum absolute atomic E-state index is 4.07. The van der Waals surface area contributed by atoms with Gasteiger partial charge in [0.1, 0.15) is 17.6 Å². The second-order valence-corrected chi connectivity index (χ2v) is 4.06. The molecule has 1 atom stereocenters. The molecule has 0 bridgehead atoms. The fraction of sp³-hybridized carbons (Fsp3) is 0.200. The minimum absolute atomic E-state index is 0.174. The van der Waals surface area contributed by atoms with E-state index in [9.17, 15) is 0 Å². The molecule has 2 rings (SSSR count). The lowest BCUT2D eigenvalue weighted by Crippen LogP contribution is -2.05. The van der Waals surface area contributed by atoms with Crippen LogP contribution in [0.25, 0.3) is 0 Å². The zero-order valence-corrected chi connectivity index (χ0v) is 9.13. The van der Waals surface area contributed by atoms with Gasteiger partial charge in [-0.25, -0.2) is 9.67 Å². The van der Waals surface area contributed by atoms with E-state index in [4.69, 9.17) is 0 Å². The molecular formula is C10H10BrN3. The number of hydrogen-bond donors (Lipinski definition) is 0. The number of alkyl halides is 1. The highest BCUT2D eigenvalue weighted by Gasteiger charge is 2.06. The lowest BCUT2D eigenvalue weighted by atomic mass is 10.1. The molecule has 1 heterocycles. The summed E-state index contributed by atoms with van der Waals surface area (Å²) in [7, 11) is 0. The number of aromatic nitrogens is 3. The Hall–Kier alpha value is -1.16.